The van der Waals surface area contributed by atoms with Gasteiger partial charge in [0.25, 0.3) is 0 Å². The Kier molecular flexibility index (Phi) is 4.22. The third-order valence-electron chi connectivity index (χ3n) is 4.77. The lowest BCUT2D eigenvalue weighted by Crippen LogP contribution is -1.99. The molecular weight excluding hydrogens is 360 g/mol. The van der Waals surface area contributed by atoms with Crippen LogP contribution in [0, 0.1) is 6.92 Å². The summed E-state index contributed by atoms with van der Waals surface area (Å²) >= 11 is 0. The number of benzene rings is 2. The van der Waals surface area contributed by atoms with Crippen molar-refractivity contribution in [1.29, 1.82) is 0 Å². The molecular formula is C23H18N6. The molecule has 0 aliphatic heterocycles. The van der Waals surface area contributed by atoms with E-state index in [0.717, 1.165) is 39.1 Å². The fourth-order valence-corrected chi connectivity index (χ4v) is 3.33. The molecule has 5 rings (SSSR count). The summed E-state index contributed by atoms with van der Waals surface area (Å²) in [5, 5.41) is 10.1. The maximum atomic E-state index is 4.71. The SMILES string of the molecule is Cc1nn(-c2ccccc2)cc1-c1ccnc(Nc2cncc3ccccc23)n1. The highest BCUT2D eigenvalue weighted by Gasteiger charge is 2.11. The van der Waals surface area contributed by atoms with E-state index in [2.05, 4.69) is 26.4 Å². The quantitative estimate of drug-likeness (QED) is 0.480. The lowest BCUT2D eigenvalue weighted by atomic mass is 10.1. The highest BCUT2D eigenvalue weighted by atomic mass is 15.3. The Labute approximate surface area is 167 Å². The predicted molar refractivity (Wildman–Crippen MR) is 114 cm³/mol. The second kappa shape index (κ2) is 7.16. The third kappa shape index (κ3) is 3.32. The number of para-hydroxylation sites is 1. The second-order valence-electron chi connectivity index (χ2n) is 6.71. The van der Waals surface area contributed by atoms with Crippen molar-refractivity contribution < 1.29 is 0 Å². The van der Waals surface area contributed by atoms with Gasteiger partial charge in [-0.1, -0.05) is 42.5 Å². The Morgan fingerprint density at radius 1 is 0.897 bits per heavy atom. The zero-order valence-corrected chi connectivity index (χ0v) is 15.8. The zero-order chi connectivity index (χ0) is 19.6. The number of nitrogens with zero attached hydrogens (tertiary/aromatic N) is 5. The van der Waals surface area contributed by atoms with Crippen molar-refractivity contribution in [2.24, 2.45) is 0 Å². The Morgan fingerprint density at radius 2 is 1.72 bits per heavy atom. The number of hydrogen-bond donors (Lipinski definition) is 1. The van der Waals surface area contributed by atoms with E-state index in [0.29, 0.717) is 5.95 Å². The molecule has 0 saturated carbocycles. The minimum atomic E-state index is 0.521. The van der Waals surface area contributed by atoms with E-state index in [1.807, 2.05) is 78.6 Å². The van der Waals surface area contributed by atoms with Gasteiger partial charge in [0, 0.05) is 34.9 Å². The van der Waals surface area contributed by atoms with Crippen LogP contribution in [0.2, 0.25) is 0 Å². The van der Waals surface area contributed by atoms with Crippen LogP contribution in [0.3, 0.4) is 0 Å². The molecule has 5 aromatic rings. The Morgan fingerprint density at radius 3 is 2.62 bits per heavy atom. The number of nitrogens with one attached hydrogen (secondary N) is 1. The molecule has 140 valence electrons. The maximum Gasteiger partial charge on any atom is 0.227 e. The average molecular weight is 378 g/mol. The van der Waals surface area contributed by atoms with Crippen molar-refractivity contribution in [2.45, 2.75) is 6.92 Å². The summed E-state index contributed by atoms with van der Waals surface area (Å²) in [6.45, 7) is 1.98. The molecule has 3 heterocycles. The number of rotatable bonds is 4. The van der Waals surface area contributed by atoms with E-state index in [-0.39, 0.29) is 0 Å². The van der Waals surface area contributed by atoms with E-state index in [1.54, 1.807) is 12.4 Å². The monoisotopic (exact) mass is 378 g/mol. The van der Waals surface area contributed by atoms with Crippen molar-refractivity contribution in [1.82, 2.24) is 24.7 Å². The van der Waals surface area contributed by atoms with Gasteiger partial charge in [-0.05, 0) is 25.1 Å². The summed E-state index contributed by atoms with van der Waals surface area (Å²) in [4.78, 5) is 13.4. The van der Waals surface area contributed by atoms with Gasteiger partial charge in [0.2, 0.25) is 5.95 Å². The maximum absolute atomic E-state index is 4.71. The van der Waals surface area contributed by atoms with Crippen LogP contribution in [0.4, 0.5) is 11.6 Å². The molecule has 0 spiro atoms. The molecule has 2 aromatic carbocycles. The summed E-state index contributed by atoms with van der Waals surface area (Å²) in [7, 11) is 0. The smallest absolute Gasteiger partial charge is 0.227 e. The average Bonchev–Trinajstić information content (AvgIpc) is 3.17. The summed E-state index contributed by atoms with van der Waals surface area (Å²) < 4.78 is 1.87. The summed E-state index contributed by atoms with van der Waals surface area (Å²) in [6, 6.07) is 20.0. The van der Waals surface area contributed by atoms with Crippen LogP contribution in [0.5, 0.6) is 0 Å². The standard InChI is InChI=1S/C23H18N6/c1-16-20(15-29(28-16)18-8-3-2-4-9-18)21-11-12-25-23(26-21)27-22-14-24-13-17-7-5-6-10-19(17)22/h2-15H,1H3,(H,25,26,27). The molecule has 0 saturated heterocycles. The van der Waals surface area contributed by atoms with Gasteiger partial charge in [0.05, 0.1) is 29.0 Å². The lowest BCUT2D eigenvalue weighted by Gasteiger charge is -2.08. The van der Waals surface area contributed by atoms with Gasteiger partial charge in [-0.25, -0.2) is 14.6 Å². The number of hydrogen-bond acceptors (Lipinski definition) is 5. The fraction of sp³-hybridized carbons (Fsp3) is 0.0435. The highest BCUT2D eigenvalue weighted by molar-refractivity contribution is 5.93. The van der Waals surface area contributed by atoms with Crippen LogP contribution in [-0.2, 0) is 0 Å². The van der Waals surface area contributed by atoms with Crippen LogP contribution in [0.1, 0.15) is 5.69 Å². The van der Waals surface area contributed by atoms with Crippen LogP contribution in [0.25, 0.3) is 27.7 Å². The largest absolute Gasteiger partial charge is 0.322 e. The first-order chi connectivity index (χ1) is 14.3. The molecule has 1 N–H and O–H groups in total. The molecule has 0 radical (unpaired) electrons. The van der Waals surface area contributed by atoms with Crippen molar-refractivity contribution in [2.75, 3.05) is 5.32 Å². The molecule has 3 aromatic heterocycles. The van der Waals surface area contributed by atoms with Gasteiger partial charge in [-0.3, -0.25) is 4.98 Å². The Hall–Kier alpha value is -4.06. The fourth-order valence-electron chi connectivity index (χ4n) is 3.33. The topological polar surface area (TPSA) is 68.5 Å². The van der Waals surface area contributed by atoms with Crippen molar-refractivity contribution >= 4 is 22.4 Å². The van der Waals surface area contributed by atoms with Gasteiger partial charge in [-0.2, -0.15) is 5.10 Å². The lowest BCUT2D eigenvalue weighted by molar-refractivity contribution is 0.863. The number of fused-ring (bicyclic) bond motifs is 1. The first kappa shape index (κ1) is 17.1. The molecule has 6 heteroatoms. The molecule has 29 heavy (non-hydrogen) atoms. The summed E-state index contributed by atoms with van der Waals surface area (Å²) in [5.41, 5.74) is 4.57. The number of aromatic nitrogens is 5. The normalized spacial score (nSPS) is 10.9. The van der Waals surface area contributed by atoms with Crippen LogP contribution >= 0.6 is 0 Å². The molecule has 0 aliphatic carbocycles. The van der Waals surface area contributed by atoms with Crippen molar-refractivity contribution in [3.63, 3.8) is 0 Å². The van der Waals surface area contributed by atoms with E-state index in [9.17, 15) is 0 Å². The number of pyridine rings is 1. The molecule has 0 unspecified atom stereocenters. The van der Waals surface area contributed by atoms with Crippen LogP contribution in [0.15, 0.2) is 85.5 Å². The Balaban J connectivity index is 1.50. The summed E-state index contributed by atoms with van der Waals surface area (Å²) in [6.07, 6.45) is 7.38. The van der Waals surface area contributed by atoms with Gasteiger partial charge in [-0.15, -0.1) is 0 Å². The molecule has 0 bridgehead atoms. The highest BCUT2D eigenvalue weighted by Crippen LogP contribution is 2.26. The van der Waals surface area contributed by atoms with Gasteiger partial charge in [0.15, 0.2) is 0 Å². The predicted octanol–water partition coefficient (Wildman–Crippen LogP) is 4.93. The molecule has 0 aliphatic rings. The summed E-state index contributed by atoms with van der Waals surface area (Å²) in [5.74, 6) is 0.521. The van der Waals surface area contributed by atoms with Crippen LogP contribution < -0.4 is 5.32 Å². The van der Waals surface area contributed by atoms with E-state index in [4.69, 9.17) is 4.98 Å². The van der Waals surface area contributed by atoms with Gasteiger partial charge < -0.3 is 5.32 Å². The third-order valence-corrected chi connectivity index (χ3v) is 4.77. The number of anilines is 2. The van der Waals surface area contributed by atoms with Crippen LogP contribution in [-0.4, -0.2) is 24.7 Å². The Bertz CT molecular complexity index is 1290. The molecule has 6 nitrogen and oxygen atoms in total. The number of aryl methyl sites for hydroxylation is 1. The molecule has 0 atom stereocenters. The second-order valence-corrected chi connectivity index (χ2v) is 6.71. The van der Waals surface area contributed by atoms with Crippen molar-refractivity contribution in [3.8, 4) is 16.9 Å². The first-order valence-corrected chi connectivity index (χ1v) is 9.33. The molecule has 0 amide bonds. The van der Waals surface area contributed by atoms with Crippen molar-refractivity contribution in [3.05, 3.63) is 91.1 Å². The minimum absolute atomic E-state index is 0.521. The van der Waals surface area contributed by atoms with E-state index >= 15 is 0 Å². The molecule has 0 fully saturated rings. The zero-order valence-electron chi connectivity index (χ0n) is 15.8. The van der Waals surface area contributed by atoms with E-state index < -0.39 is 0 Å². The van der Waals surface area contributed by atoms with Gasteiger partial charge >= 0.3 is 0 Å². The first-order valence-electron chi connectivity index (χ1n) is 9.33. The van der Waals surface area contributed by atoms with Gasteiger partial charge in [0.1, 0.15) is 0 Å². The minimum Gasteiger partial charge on any atom is -0.322 e. The van der Waals surface area contributed by atoms with E-state index in [1.165, 1.54) is 0 Å².